The third kappa shape index (κ3) is 4.09. The molecule has 0 bridgehead atoms. The molecule has 0 N–H and O–H groups in total. The van der Waals surface area contributed by atoms with Crippen LogP contribution in [0.15, 0.2) is 72.8 Å². The lowest BCUT2D eigenvalue weighted by Crippen LogP contribution is -2.35. The highest BCUT2D eigenvalue weighted by molar-refractivity contribution is 5.95. The van der Waals surface area contributed by atoms with Gasteiger partial charge in [-0.05, 0) is 92.1 Å². The van der Waals surface area contributed by atoms with Gasteiger partial charge in [-0.1, -0.05) is 36.4 Å². The Morgan fingerprint density at radius 2 is 1.42 bits per heavy atom. The topological polar surface area (TPSA) is 30.9 Å². The van der Waals surface area contributed by atoms with E-state index in [-0.39, 0.29) is 0 Å². The second-order valence-corrected chi connectivity index (χ2v) is 10.5. The van der Waals surface area contributed by atoms with Crippen molar-refractivity contribution in [2.45, 2.75) is 38.7 Å². The zero-order chi connectivity index (χ0) is 26.3. The van der Waals surface area contributed by atoms with Gasteiger partial charge in [0.2, 0.25) is 0 Å². The molecule has 1 atom stereocenters. The third-order valence-corrected chi connectivity index (χ3v) is 8.14. The number of benzene rings is 4. The minimum atomic E-state index is -0.779. The predicted molar refractivity (Wildman–Crippen MR) is 156 cm³/mol. The summed E-state index contributed by atoms with van der Waals surface area (Å²) in [5.41, 5.74) is 6.06. The molecule has 0 radical (unpaired) electrons. The van der Waals surface area contributed by atoms with Crippen molar-refractivity contribution < 1.29 is 14.2 Å². The summed E-state index contributed by atoms with van der Waals surface area (Å²) in [4.78, 5) is 2.49. The minimum Gasteiger partial charge on any atom is -0.497 e. The molecule has 2 aliphatic heterocycles. The number of fused-ring (bicyclic) bond motifs is 3. The molecule has 0 aliphatic carbocycles. The summed E-state index contributed by atoms with van der Waals surface area (Å²) in [7, 11) is 3.42. The molecule has 0 aromatic heterocycles. The third-order valence-electron chi connectivity index (χ3n) is 8.14. The van der Waals surface area contributed by atoms with Crippen molar-refractivity contribution in [3.05, 3.63) is 101 Å². The smallest absolute Gasteiger partial charge is 0.178 e. The number of ether oxygens (including phenoxy) is 3. The molecule has 4 aromatic rings. The fourth-order valence-corrected chi connectivity index (χ4v) is 5.98. The van der Waals surface area contributed by atoms with E-state index in [1.54, 1.807) is 14.2 Å². The van der Waals surface area contributed by atoms with Crippen LogP contribution in [0.1, 0.15) is 47.1 Å². The van der Waals surface area contributed by atoms with Gasteiger partial charge in [0, 0.05) is 40.9 Å². The van der Waals surface area contributed by atoms with Crippen LogP contribution in [0, 0.1) is 13.8 Å². The van der Waals surface area contributed by atoms with Crippen LogP contribution in [-0.4, -0.2) is 27.3 Å². The van der Waals surface area contributed by atoms with Crippen LogP contribution in [0.5, 0.6) is 17.2 Å². The number of aryl methyl sites for hydroxylation is 2. The zero-order valence-electron chi connectivity index (χ0n) is 22.7. The molecule has 4 aromatic carbocycles. The van der Waals surface area contributed by atoms with Crippen molar-refractivity contribution in [1.82, 2.24) is 0 Å². The van der Waals surface area contributed by atoms with Gasteiger partial charge in [0.15, 0.2) is 5.60 Å². The van der Waals surface area contributed by atoms with E-state index >= 15 is 0 Å². The number of hydrogen-bond donors (Lipinski definition) is 0. The van der Waals surface area contributed by atoms with Gasteiger partial charge in [-0.3, -0.25) is 0 Å². The molecule has 0 saturated carbocycles. The fraction of sp³-hybridized carbons (Fsp3) is 0.294. The minimum absolute atomic E-state index is 0.779. The Hall–Kier alpha value is -3.92. The molecule has 1 fully saturated rings. The molecule has 0 amide bonds. The van der Waals surface area contributed by atoms with Gasteiger partial charge in [0.1, 0.15) is 17.2 Å². The number of nitrogens with zero attached hydrogens (tertiary/aromatic N) is 1. The molecule has 1 unspecified atom stereocenters. The van der Waals surface area contributed by atoms with Crippen molar-refractivity contribution in [3.8, 4) is 17.2 Å². The van der Waals surface area contributed by atoms with Crippen LogP contribution in [0.25, 0.3) is 16.8 Å². The molecular weight excluding hydrogens is 470 g/mol. The van der Waals surface area contributed by atoms with Crippen LogP contribution in [0.3, 0.4) is 0 Å². The van der Waals surface area contributed by atoms with Crippen LogP contribution in [0.2, 0.25) is 0 Å². The Morgan fingerprint density at radius 3 is 2.08 bits per heavy atom. The molecular formula is C34H35NO3. The fourth-order valence-electron chi connectivity index (χ4n) is 5.98. The van der Waals surface area contributed by atoms with Crippen LogP contribution >= 0.6 is 0 Å². The monoisotopic (exact) mass is 505 g/mol. The number of hydrogen-bond acceptors (Lipinski definition) is 4. The molecule has 0 spiro atoms. The Balaban J connectivity index is 1.52. The molecule has 1 saturated heterocycles. The highest BCUT2D eigenvalue weighted by atomic mass is 16.5. The summed E-state index contributed by atoms with van der Waals surface area (Å²) >= 11 is 0. The van der Waals surface area contributed by atoms with E-state index in [2.05, 4.69) is 85.5 Å². The normalized spacial score (nSPS) is 18.7. The first-order valence-electron chi connectivity index (χ1n) is 13.5. The largest absolute Gasteiger partial charge is 0.497 e. The van der Waals surface area contributed by atoms with Crippen LogP contribution in [0.4, 0.5) is 5.69 Å². The van der Waals surface area contributed by atoms with Gasteiger partial charge in [0.05, 0.1) is 14.2 Å². The lowest BCUT2D eigenvalue weighted by Gasteiger charge is -2.37. The van der Waals surface area contributed by atoms with Gasteiger partial charge in [-0.2, -0.15) is 0 Å². The molecule has 4 nitrogen and oxygen atoms in total. The molecule has 2 aliphatic rings. The number of methoxy groups -OCH3 is 2. The number of piperidine rings is 1. The molecule has 6 rings (SSSR count). The Kier molecular flexibility index (Phi) is 6.27. The molecule has 194 valence electrons. The quantitative estimate of drug-likeness (QED) is 0.277. The van der Waals surface area contributed by atoms with E-state index in [9.17, 15) is 0 Å². The SMILES string of the molecule is COc1ccc(C2(c3ccc(N4CCCCC4)cc3)C=Cc3c(C)cc4cc(C)c(OC)cc4c3O2)cc1. The first-order valence-corrected chi connectivity index (χ1v) is 13.5. The summed E-state index contributed by atoms with van der Waals surface area (Å²) in [6.45, 7) is 6.48. The van der Waals surface area contributed by atoms with Gasteiger partial charge in [-0.25, -0.2) is 0 Å². The van der Waals surface area contributed by atoms with Crippen molar-refractivity contribution in [2.24, 2.45) is 0 Å². The molecule has 4 heteroatoms. The predicted octanol–water partition coefficient (Wildman–Crippen LogP) is 7.81. The Labute approximate surface area is 225 Å². The average molecular weight is 506 g/mol. The lowest BCUT2D eigenvalue weighted by atomic mass is 9.82. The summed E-state index contributed by atoms with van der Waals surface area (Å²) in [6, 6.07) is 23.7. The first-order chi connectivity index (χ1) is 18.5. The highest BCUT2D eigenvalue weighted by Gasteiger charge is 2.38. The zero-order valence-corrected chi connectivity index (χ0v) is 22.7. The highest BCUT2D eigenvalue weighted by Crippen LogP contribution is 2.47. The summed E-state index contributed by atoms with van der Waals surface area (Å²) in [5.74, 6) is 2.57. The van der Waals surface area contributed by atoms with E-state index in [4.69, 9.17) is 14.2 Å². The van der Waals surface area contributed by atoms with Crippen molar-refractivity contribution in [3.63, 3.8) is 0 Å². The summed E-state index contributed by atoms with van der Waals surface area (Å²) < 4.78 is 18.4. The second kappa shape index (κ2) is 9.75. The second-order valence-electron chi connectivity index (χ2n) is 10.5. The maximum absolute atomic E-state index is 7.19. The van der Waals surface area contributed by atoms with Gasteiger partial charge >= 0.3 is 0 Å². The van der Waals surface area contributed by atoms with E-state index in [1.807, 2.05) is 12.1 Å². The summed E-state index contributed by atoms with van der Waals surface area (Å²) in [5, 5.41) is 2.21. The average Bonchev–Trinajstić information content (AvgIpc) is 2.97. The van der Waals surface area contributed by atoms with E-state index in [0.717, 1.165) is 63.4 Å². The van der Waals surface area contributed by atoms with E-state index < -0.39 is 5.60 Å². The van der Waals surface area contributed by atoms with Crippen LogP contribution < -0.4 is 19.1 Å². The standard InChI is InChI=1S/C34H35NO3/c1-23-20-25-21-24(2)32(37-4)22-31(25)33-30(23)16-17-34(38-33,27-10-14-29(36-3)15-11-27)26-8-12-28(13-9-26)35-18-6-5-7-19-35/h8-17,20-22H,5-7,18-19H2,1-4H3. The van der Waals surface area contributed by atoms with Gasteiger partial charge in [0.25, 0.3) is 0 Å². The Bertz CT molecular complexity index is 1500. The summed E-state index contributed by atoms with van der Waals surface area (Å²) in [6.07, 6.45) is 8.27. The van der Waals surface area contributed by atoms with Crippen molar-refractivity contribution in [2.75, 3.05) is 32.2 Å². The number of rotatable bonds is 5. The van der Waals surface area contributed by atoms with Crippen LogP contribution in [-0.2, 0) is 5.60 Å². The van der Waals surface area contributed by atoms with Gasteiger partial charge < -0.3 is 19.1 Å². The Morgan fingerprint density at radius 1 is 0.763 bits per heavy atom. The molecule has 38 heavy (non-hydrogen) atoms. The van der Waals surface area contributed by atoms with Crippen molar-refractivity contribution >= 4 is 22.5 Å². The van der Waals surface area contributed by atoms with E-state index in [0.29, 0.717) is 0 Å². The van der Waals surface area contributed by atoms with Crippen molar-refractivity contribution in [1.29, 1.82) is 0 Å². The van der Waals surface area contributed by atoms with Gasteiger partial charge in [-0.15, -0.1) is 0 Å². The first kappa shape index (κ1) is 24.4. The molecule has 2 heterocycles. The lowest BCUT2D eigenvalue weighted by molar-refractivity contribution is 0.163. The maximum atomic E-state index is 7.19. The maximum Gasteiger partial charge on any atom is 0.178 e. The van der Waals surface area contributed by atoms with E-state index in [1.165, 1.54) is 30.5 Å². The number of anilines is 1.